The minimum absolute atomic E-state index is 0.0275. The zero-order valence-electron chi connectivity index (χ0n) is 22.7. The van der Waals surface area contributed by atoms with Gasteiger partial charge in [-0.3, -0.25) is 19.2 Å². The van der Waals surface area contributed by atoms with Crippen LogP contribution in [0, 0.1) is 6.92 Å². The molecule has 2 aromatic heterocycles. The van der Waals surface area contributed by atoms with E-state index >= 15 is 0 Å². The predicted octanol–water partition coefficient (Wildman–Crippen LogP) is 5.96. The lowest BCUT2D eigenvalue weighted by Crippen LogP contribution is -2.39. The third kappa shape index (κ3) is 5.26. The lowest BCUT2D eigenvalue weighted by Gasteiger charge is -2.35. The number of nitrogens with zero attached hydrogens (tertiary/aromatic N) is 4. The fourth-order valence-electron chi connectivity index (χ4n) is 5.13. The van der Waals surface area contributed by atoms with Crippen molar-refractivity contribution < 1.29 is 0 Å². The maximum absolute atomic E-state index is 12.4. The van der Waals surface area contributed by atoms with Crippen LogP contribution in [0.4, 0.5) is 0 Å². The second kappa shape index (κ2) is 10.8. The molecule has 1 aliphatic carbocycles. The van der Waals surface area contributed by atoms with Crippen LogP contribution in [0.2, 0.25) is 0 Å². The molecular formula is C31H38N4O. The van der Waals surface area contributed by atoms with Gasteiger partial charge in [-0.05, 0) is 76.3 Å². The normalized spacial score (nSPS) is 18.1. The summed E-state index contributed by atoms with van der Waals surface area (Å²) >= 11 is 0. The molecule has 5 heteroatoms. The van der Waals surface area contributed by atoms with Crippen molar-refractivity contribution in [2.75, 3.05) is 6.54 Å². The molecule has 188 valence electrons. The Morgan fingerprint density at radius 3 is 2.67 bits per heavy atom. The first-order valence-corrected chi connectivity index (χ1v) is 12.8. The van der Waals surface area contributed by atoms with E-state index in [1.165, 1.54) is 39.1 Å². The number of pyridine rings is 1. The minimum Gasteiger partial charge on any atom is -0.296 e. The van der Waals surface area contributed by atoms with Crippen LogP contribution >= 0.6 is 0 Å². The molecule has 0 spiro atoms. The fraction of sp³-hybridized carbons (Fsp3) is 0.387. The largest absolute Gasteiger partial charge is 0.296 e. The summed E-state index contributed by atoms with van der Waals surface area (Å²) in [6.45, 7) is 14.3. The molecule has 1 aliphatic heterocycles. The van der Waals surface area contributed by atoms with Crippen LogP contribution < -0.4 is 5.56 Å². The molecule has 0 N–H and O–H groups in total. The van der Waals surface area contributed by atoms with Gasteiger partial charge in [0.15, 0.2) is 0 Å². The average Bonchev–Trinajstić information content (AvgIpc) is 3.03. The van der Waals surface area contributed by atoms with E-state index in [9.17, 15) is 4.79 Å². The Morgan fingerprint density at radius 2 is 1.92 bits per heavy atom. The number of allylic oxidation sites excluding steroid dienone is 8. The van der Waals surface area contributed by atoms with E-state index < -0.39 is 0 Å². The summed E-state index contributed by atoms with van der Waals surface area (Å²) in [6, 6.07) is 4.04. The number of hydrogen-bond acceptors (Lipinski definition) is 4. The molecular weight excluding hydrogens is 444 g/mol. The molecule has 0 aromatic carbocycles. The molecule has 0 saturated carbocycles. The van der Waals surface area contributed by atoms with Gasteiger partial charge in [-0.1, -0.05) is 41.5 Å². The lowest BCUT2D eigenvalue weighted by molar-refractivity contribution is 0.230. The summed E-state index contributed by atoms with van der Waals surface area (Å²) in [5, 5.41) is 0. The summed E-state index contributed by atoms with van der Waals surface area (Å²) in [5.41, 5.74) is 10.6. The number of hydrogen-bond donors (Lipinski definition) is 0. The van der Waals surface area contributed by atoms with Crippen molar-refractivity contribution in [3.05, 3.63) is 104 Å². The van der Waals surface area contributed by atoms with Gasteiger partial charge < -0.3 is 0 Å². The standard InChI is InChI=1S/C31H38N4O/c1-8-9-29(23(5)24(6)31-33-22(4)16-30(36)34(31)7)35-15-14-28-26(19-35)17-25(18-32-28)27-13-11-20(2)10-12-21(27)3/h8-11,13,16-18,29H,12,14-15,19H2,1-7H3/b9-8-,24-23-. The van der Waals surface area contributed by atoms with Crippen molar-refractivity contribution in [3.63, 3.8) is 0 Å². The first kappa shape index (κ1) is 25.8. The molecule has 0 amide bonds. The molecule has 4 rings (SSSR count). The van der Waals surface area contributed by atoms with Crippen LogP contribution in [-0.4, -0.2) is 32.0 Å². The molecule has 1 atom stereocenters. The maximum Gasteiger partial charge on any atom is 0.253 e. The van der Waals surface area contributed by atoms with Crippen LogP contribution in [0.3, 0.4) is 0 Å². The highest BCUT2D eigenvalue weighted by molar-refractivity contribution is 5.78. The second-order valence-electron chi connectivity index (χ2n) is 10.1. The number of fused-ring (bicyclic) bond motifs is 1. The second-order valence-corrected chi connectivity index (χ2v) is 10.1. The third-order valence-corrected chi connectivity index (χ3v) is 7.48. The van der Waals surface area contributed by atoms with Crippen molar-refractivity contribution in [1.29, 1.82) is 0 Å². The first-order chi connectivity index (χ1) is 17.2. The Kier molecular flexibility index (Phi) is 7.70. The van der Waals surface area contributed by atoms with E-state index in [-0.39, 0.29) is 11.6 Å². The molecule has 2 aliphatic rings. The highest BCUT2D eigenvalue weighted by atomic mass is 16.1. The Hall–Kier alpha value is -3.31. The Labute approximate surface area is 215 Å². The van der Waals surface area contributed by atoms with Crippen LogP contribution in [0.15, 0.2) is 70.2 Å². The van der Waals surface area contributed by atoms with Crippen molar-refractivity contribution >= 4 is 11.1 Å². The van der Waals surface area contributed by atoms with Crippen molar-refractivity contribution in [2.24, 2.45) is 7.05 Å². The number of rotatable bonds is 5. The van der Waals surface area contributed by atoms with Gasteiger partial charge in [0.2, 0.25) is 0 Å². The molecule has 3 heterocycles. The van der Waals surface area contributed by atoms with Crippen molar-refractivity contribution in [1.82, 2.24) is 19.4 Å². The van der Waals surface area contributed by atoms with E-state index in [0.29, 0.717) is 0 Å². The first-order valence-electron chi connectivity index (χ1n) is 12.8. The highest BCUT2D eigenvalue weighted by Crippen LogP contribution is 2.31. The van der Waals surface area contributed by atoms with Gasteiger partial charge in [-0.15, -0.1) is 0 Å². The van der Waals surface area contributed by atoms with Crippen LogP contribution in [-0.2, 0) is 20.0 Å². The van der Waals surface area contributed by atoms with E-state index in [2.05, 4.69) is 76.0 Å². The summed E-state index contributed by atoms with van der Waals surface area (Å²) in [7, 11) is 1.80. The summed E-state index contributed by atoms with van der Waals surface area (Å²) in [6.07, 6.45) is 15.0. The number of aryl methyl sites for hydroxylation is 1. The van der Waals surface area contributed by atoms with Crippen molar-refractivity contribution in [3.8, 4) is 0 Å². The smallest absolute Gasteiger partial charge is 0.253 e. The van der Waals surface area contributed by atoms with Gasteiger partial charge in [0, 0.05) is 61.8 Å². The van der Waals surface area contributed by atoms with Crippen LogP contribution in [0.5, 0.6) is 0 Å². The van der Waals surface area contributed by atoms with Crippen LogP contribution in [0.1, 0.15) is 69.4 Å². The molecule has 0 saturated heterocycles. The van der Waals surface area contributed by atoms with Gasteiger partial charge >= 0.3 is 0 Å². The predicted molar refractivity (Wildman–Crippen MR) is 150 cm³/mol. The molecule has 1 unspecified atom stereocenters. The molecule has 5 nitrogen and oxygen atoms in total. The molecule has 2 aromatic rings. The molecule has 0 bridgehead atoms. The topological polar surface area (TPSA) is 51.0 Å². The van der Waals surface area contributed by atoms with Gasteiger partial charge in [0.05, 0.1) is 0 Å². The zero-order chi connectivity index (χ0) is 26.0. The zero-order valence-corrected chi connectivity index (χ0v) is 22.7. The Morgan fingerprint density at radius 1 is 1.14 bits per heavy atom. The van der Waals surface area contributed by atoms with Gasteiger partial charge in [-0.25, -0.2) is 4.98 Å². The molecule has 36 heavy (non-hydrogen) atoms. The molecule has 0 radical (unpaired) electrons. The SMILES string of the molecule is C/C=C\C(/C(C)=C(/C)c1nc(C)cc(=O)n1C)N1CCc2ncc(C3=C(C)CC=C(C)C=C3)cc2C1. The Balaban J connectivity index is 1.68. The summed E-state index contributed by atoms with van der Waals surface area (Å²) in [5.74, 6) is 0.736. The number of aromatic nitrogens is 3. The third-order valence-electron chi connectivity index (χ3n) is 7.48. The Bertz CT molecular complexity index is 1380. The monoisotopic (exact) mass is 482 g/mol. The van der Waals surface area contributed by atoms with Gasteiger partial charge in [-0.2, -0.15) is 0 Å². The quantitative estimate of drug-likeness (QED) is 0.494. The minimum atomic E-state index is -0.0275. The van der Waals surface area contributed by atoms with Crippen molar-refractivity contribution in [2.45, 2.75) is 67.0 Å². The van der Waals surface area contributed by atoms with E-state index in [1.807, 2.05) is 13.1 Å². The fourth-order valence-corrected chi connectivity index (χ4v) is 5.13. The van der Waals surface area contributed by atoms with Gasteiger partial charge in [0.1, 0.15) is 5.82 Å². The lowest BCUT2D eigenvalue weighted by atomic mass is 9.94. The van der Waals surface area contributed by atoms with Crippen LogP contribution in [0.25, 0.3) is 11.1 Å². The summed E-state index contributed by atoms with van der Waals surface area (Å²) < 4.78 is 1.65. The van der Waals surface area contributed by atoms with E-state index in [1.54, 1.807) is 17.7 Å². The maximum atomic E-state index is 12.4. The highest BCUT2D eigenvalue weighted by Gasteiger charge is 2.26. The molecule has 0 fully saturated rings. The van der Waals surface area contributed by atoms with E-state index in [4.69, 9.17) is 9.97 Å². The van der Waals surface area contributed by atoms with E-state index in [0.717, 1.165) is 43.0 Å². The summed E-state index contributed by atoms with van der Waals surface area (Å²) in [4.78, 5) is 24.5. The van der Waals surface area contributed by atoms with Gasteiger partial charge in [0.25, 0.3) is 5.56 Å². The average molecular weight is 483 g/mol.